The van der Waals surface area contributed by atoms with Crippen LogP contribution < -0.4 is 10.2 Å². The van der Waals surface area contributed by atoms with Crippen LogP contribution in [0, 0.1) is 5.82 Å². The van der Waals surface area contributed by atoms with E-state index in [1.54, 1.807) is 37.2 Å². The lowest BCUT2D eigenvalue weighted by molar-refractivity contribution is -0.133. The van der Waals surface area contributed by atoms with E-state index in [1.165, 1.54) is 6.07 Å². The number of likely N-dealkylation sites (N-methyl/N-ethyl adjacent to an activating group) is 2. The van der Waals surface area contributed by atoms with Gasteiger partial charge in [-0.1, -0.05) is 12.1 Å². The van der Waals surface area contributed by atoms with E-state index in [-0.39, 0.29) is 23.8 Å². The first-order chi connectivity index (χ1) is 9.06. The molecule has 2 rings (SSSR count). The Balaban J connectivity index is 2.39. The molecule has 104 valence electrons. The normalized spacial score (nSPS) is 23.9. The smallest absolute Gasteiger partial charge is 0.246 e. The van der Waals surface area contributed by atoms with E-state index in [0.29, 0.717) is 18.8 Å². The van der Waals surface area contributed by atoms with E-state index >= 15 is 0 Å². The Hall–Kier alpha value is -1.62. The fourth-order valence-electron chi connectivity index (χ4n) is 2.70. The molecule has 1 aliphatic rings. The Labute approximate surface area is 113 Å². The minimum absolute atomic E-state index is 0.0238. The van der Waals surface area contributed by atoms with Crippen molar-refractivity contribution in [3.8, 4) is 0 Å². The lowest BCUT2D eigenvalue weighted by atomic mass is 10.0. The molecule has 2 unspecified atom stereocenters. The lowest BCUT2D eigenvalue weighted by Crippen LogP contribution is -2.63. The van der Waals surface area contributed by atoms with Gasteiger partial charge in [0.2, 0.25) is 5.91 Å². The third kappa shape index (κ3) is 2.56. The fourth-order valence-corrected chi connectivity index (χ4v) is 2.70. The van der Waals surface area contributed by atoms with Gasteiger partial charge in [-0.05, 0) is 26.1 Å². The van der Waals surface area contributed by atoms with Crippen molar-refractivity contribution in [2.45, 2.75) is 19.0 Å². The van der Waals surface area contributed by atoms with Gasteiger partial charge in [-0.2, -0.15) is 0 Å². The van der Waals surface area contributed by atoms with Gasteiger partial charge in [0.15, 0.2) is 0 Å². The number of halogens is 1. The molecule has 5 heteroatoms. The maximum Gasteiger partial charge on any atom is 0.246 e. The van der Waals surface area contributed by atoms with Crippen molar-refractivity contribution in [1.82, 2.24) is 10.2 Å². The van der Waals surface area contributed by atoms with Gasteiger partial charge in [0, 0.05) is 26.2 Å². The van der Waals surface area contributed by atoms with E-state index in [1.807, 2.05) is 11.8 Å². The second-order valence-electron chi connectivity index (χ2n) is 5.00. The van der Waals surface area contributed by atoms with Gasteiger partial charge >= 0.3 is 0 Å². The molecular formula is C14H20FN3O. The number of piperazine rings is 1. The maximum absolute atomic E-state index is 14.0. The summed E-state index contributed by atoms with van der Waals surface area (Å²) in [5.41, 5.74) is 0.497. The molecule has 1 fully saturated rings. The Morgan fingerprint density at radius 1 is 1.42 bits per heavy atom. The first-order valence-electron chi connectivity index (χ1n) is 6.48. The van der Waals surface area contributed by atoms with Crippen LogP contribution in [0.5, 0.6) is 0 Å². The van der Waals surface area contributed by atoms with Gasteiger partial charge in [-0.15, -0.1) is 0 Å². The second kappa shape index (κ2) is 5.57. The van der Waals surface area contributed by atoms with Crippen LogP contribution in [0.15, 0.2) is 24.3 Å². The number of benzene rings is 1. The number of amides is 1. The first-order valence-corrected chi connectivity index (χ1v) is 6.48. The molecule has 0 radical (unpaired) electrons. The summed E-state index contributed by atoms with van der Waals surface area (Å²) >= 11 is 0. The Bertz CT molecular complexity index is 466. The summed E-state index contributed by atoms with van der Waals surface area (Å²) in [7, 11) is 3.59. The fraction of sp³-hybridized carbons (Fsp3) is 0.500. The average molecular weight is 265 g/mol. The molecule has 0 aliphatic carbocycles. The standard InChI is InChI=1S/C14H20FN3O/c1-10-9-17(3)14(19)13(8-16-2)18(10)12-7-5-4-6-11(12)15/h4-7,10,13,16H,8-9H2,1-3H3. The zero-order valence-corrected chi connectivity index (χ0v) is 11.6. The number of hydrogen-bond acceptors (Lipinski definition) is 3. The molecule has 1 N–H and O–H groups in total. The number of carbonyl (C=O) groups is 1. The zero-order valence-electron chi connectivity index (χ0n) is 11.6. The minimum Gasteiger partial charge on any atom is -0.352 e. The molecule has 1 heterocycles. The van der Waals surface area contributed by atoms with Gasteiger partial charge in [0.05, 0.1) is 5.69 Å². The third-order valence-electron chi connectivity index (χ3n) is 3.54. The van der Waals surface area contributed by atoms with Gasteiger partial charge in [-0.3, -0.25) is 4.79 Å². The molecule has 0 aromatic heterocycles. The quantitative estimate of drug-likeness (QED) is 0.888. The molecule has 1 aromatic carbocycles. The summed E-state index contributed by atoms with van der Waals surface area (Å²) in [6, 6.07) is 6.33. The highest BCUT2D eigenvalue weighted by atomic mass is 19.1. The van der Waals surface area contributed by atoms with Crippen LogP contribution in [-0.4, -0.2) is 50.1 Å². The predicted octanol–water partition coefficient (Wildman–Crippen LogP) is 1.08. The van der Waals surface area contributed by atoms with E-state index in [9.17, 15) is 9.18 Å². The molecule has 4 nitrogen and oxygen atoms in total. The van der Waals surface area contributed by atoms with Crippen molar-refractivity contribution in [1.29, 1.82) is 0 Å². The summed E-state index contributed by atoms with van der Waals surface area (Å²) in [5.74, 6) is -0.261. The van der Waals surface area contributed by atoms with E-state index < -0.39 is 0 Å². The summed E-state index contributed by atoms with van der Waals surface area (Å²) < 4.78 is 14.0. The second-order valence-corrected chi connectivity index (χ2v) is 5.00. The SMILES string of the molecule is CNCC1C(=O)N(C)CC(C)N1c1ccccc1F. The summed E-state index contributed by atoms with van der Waals surface area (Å²) in [4.78, 5) is 15.9. The van der Waals surface area contributed by atoms with Gasteiger partial charge in [0.25, 0.3) is 0 Å². The van der Waals surface area contributed by atoms with Crippen LogP contribution in [-0.2, 0) is 4.79 Å². The third-order valence-corrected chi connectivity index (χ3v) is 3.54. The van der Waals surface area contributed by atoms with Crippen LogP contribution >= 0.6 is 0 Å². The maximum atomic E-state index is 14.0. The molecule has 1 aliphatic heterocycles. The molecule has 1 saturated heterocycles. The molecule has 1 amide bonds. The molecule has 1 aromatic rings. The van der Waals surface area contributed by atoms with E-state index in [0.717, 1.165) is 0 Å². The van der Waals surface area contributed by atoms with Crippen molar-refractivity contribution < 1.29 is 9.18 Å². The first kappa shape index (κ1) is 13.8. The molecule has 0 bridgehead atoms. The molecule has 2 atom stereocenters. The number of hydrogen-bond donors (Lipinski definition) is 1. The van der Waals surface area contributed by atoms with Crippen molar-refractivity contribution in [3.05, 3.63) is 30.1 Å². The Kier molecular flexibility index (Phi) is 4.04. The molecule has 0 spiro atoms. The number of rotatable bonds is 3. The summed E-state index contributed by atoms with van der Waals surface area (Å²) in [6.45, 7) is 3.12. The lowest BCUT2D eigenvalue weighted by Gasteiger charge is -2.45. The topological polar surface area (TPSA) is 35.6 Å². The van der Waals surface area contributed by atoms with Crippen molar-refractivity contribution in [3.63, 3.8) is 0 Å². The summed E-state index contributed by atoms with van der Waals surface area (Å²) in [6.07, 6.45) is 0. The minimum atomic E-state index is -0.365. The van der Waals surface area contributed by atoms with Gasteiger partial charge < -0.3 is 15.1 Å². The Morgan fingerprint density at radius 2 is 2.11 bits per heavy atom. The number of nitrogens with zero attached hydrogens (tertiary/aromatic N) is 2. The van der Waals surface area contributed by atoms with Crippen LogP contribution in [0.2, 0.25) is 0 Å². The largest absolute Gasteiger partial charge is 0.352 e. The molecular weight excluding hydrogens is 245 g/mol. The average Bonchev–Trinajstić information content (AvgIpc) is 2.38. The van der Waals surface area contributed by atoms with Gasteiger partial charge in [0.1, 0.15) is 11.9 Å². The number of anilines is 1. The van der Waals surface area contributed by atoms with Crippen molar-refractivity contribution >= 4 is 11.6 Å². The number of carbonyl (C=O) groups excluding carboxylic acids is 1. The van der Waals surface area contributed by atoms with Crippen LogP contribution in [0.4, 0.5) is 10.1 Å². The highest BCUT2D eigenvalue weighted by Gasteiger charge is 2.37. The highest BCUT2D eigenvalue weighted by molar-refractivity contribution is 5.87. The molecule has 19 heavy (non-hydrogen) atoms. The Morgan fingerprint density at radius 3 is 2.74 bits per heavy atom. The van der Waals surface area contributed by atoms with E-state index in [4.69, 9.17) is 0 Å². The van der Waals surface area contributed by atoms with Gasteiger partial charge in [-0.25, -0.2) is 4.39 Å². The van der Waals surface area contributed by atoms with Crippen LogP contribution in [0.3, 0.4) is 0 Å². The van der Waals surface area contributed by atoms with Crippen molar-refractivity contribution in [2.24, 2.45) is 0 Å². The van der Waals surface area contributed by atoms with Crippen LogP contribution in [0.25, 0.3) is 0 Å². The number of nitrogens with one attached hydrogen (secondary N) is 1. The van der Waals surface area contributed by atoms with Crippen molar-refractivity contribution in [2.75, 3.05) is 32.1 Å². The monoisotopic (exact) mass is 265 g/mol. The zero-order chi connectivity index (χ0) is 14.0. The molecule has 0 saturated carbocycles. The number of para-hydroxylation sites is 1. The highest BCUT2D eigenvalue weighted by Crippen LogP contribution is 2.27. The summed E-state index contributed by atoms with van der Waals surface area (Å²) in [5, 5.41) is 3.02. The van der Waals surface area contributed by atoms with Crippen LogP contribution in [0.1, 0.15) is 6.92 Å². The van der Waals surface area contributed by atoms with E-state index in [2.05, 4.69) is 5.32 Å². The predicted molar refractivity (Wildman–Crippen MR) is 73.7 cm³/mol.